The highest BCUT2D eigenvalue weighted by molar-refractivity contribution is 7.88. The van der Waals surface area contributed by atoms with Crippen LogP contribution in [-0.2, 0) is 14.8 Å². The van der Waals surface area contributed by atoms with Crippen LogP contribution in [0.15, 0.2) is 11.6 Å². The van der Waals surface area contributed by atoms with Crippen molar-refractivity contribution in [3.63, 3.8) is 0 Å². The zero-order chi connectivity index (χ0) is 13.6. The van der Waals surface area contributed by atoms with E-state index in [0.29, 0.717) is 6.54 Å². The monoisotopic (exact) mass is 263 g/mol. The Balaban J connectivity index is 4.77. The molecule has 0 aromatic rings. The fourth-order valence-electron chi connectivity index (χ4n) is 1.45. The van der Waals surface area contributed by atoms with Crippen LogP contribution in [0.2, 0.25) is 0 Å². The topological polar surface area (TPSA) is 46.6 Å². The predicted octanol–water partition coefficient (Wildman–Crippen LogP) is 2.03. The van der Waals surface area contributed by atoms with E-state index in [2.05, 4.69) is 13.0 Å². The summed E-state index contributed by atoms with van der Waals surface area (Å²) in [5, 5.41) is 0. The summed E-state index contributed by atoms with van der Waals surface area (Å²) < 4.78 is 29.9. The molecule has 102 valence electrons. The van der Waals surface area contributed by atoms with Crippen LogP contribution in [0, 0.1) is 0 Å². The van der Waals surface area contributed by atoms with E-state index < -0.39 is 10.0 Å². The minimum Gasteiger partial charge on any atom is -0.370 e. The fourth-order valence-corrected chi connectivity index (χ4v) is 1.85. The lowest BCUT2D eigenvalue weighted by atomic mass is 10.1. The molecule has 5 heteroatoms. The van der Waals surface area contributed by atoms with E-state index in [1.54, 1.807) is 7.05 Å². The summed E-state index contributed by atoms with van der Waals surface area (Å²) in [6.45, 7) is 8.29. The maximum atomic E-state index is 11.4. The second-order valence-electron chi connectivity index (χ2n) is 4.57. The van der Waals surface area contributed by atoms with Crippen molar-refractivity contribution in [1.82, 2.24) is 4.31 Å². The molecule has 0 aliphatic rings. The van der Waals surface area contributed by atoms with Crippen molar-refractivity contribution >= 4 is 10.0 Å². The molecule has 4 nitrogen and oxygen atoms in total. The number of allylic oxidation sites excluding steroid dienone is 1. The van der Waals surface area contributed by atoms with Crippen molar-refractivity contribution in [2.24, 2.45) is 0 Å². The van der Waals surface area contributed by atoms with E-state index in [1.807, 2.05) is 20.8 Å². The van der Waals surface area contributed by atoms with Crippen molar-refractivity contribution < 1.29 is 13.2 Å². The SMILES string of the molecule is CC/C=C(\C)C(CN(C)S(C)(=O)=O)OC(C)C. The Labute approximate surface area is 106 Å². The molecule has 0 radical (unpaired) electrons. The molecular formula is C12H25NO3S. The Bertz CT molecular complexity index is 347. The number of hydrogen-bond acceptors (Lipinski definition) is 3. The quantitative estimate of drug-likeness (QED) is 0.660. The van der Waals surface area contributed by atoms with Crippen molar-refractivity contribution in [1.29, 1.82) is 0 Å². The molecule has 0 amide bonds. The third-order valence-electron chi connectivity index (χ3n) is 2.46. The molecule has 0 rings (SSSR count). The van der Waals surface area contributed by atoms with Crippen LogP contribution in [0.25, 0.3) is 0 Å². The van der Waals surface area contributed by atoms with E-state index in [9.17, 15) is 8.42 Å². The van der Waals surface area contributed by atoms with Crippen LogP contribution in [0.1, 0.15) is 34.1 Å². The normalized spacial score (nSPS) is 15.6. The maximum absolute atomic E-state index is 11.4. The Kier molecular flexibility index (Phi) is 6.97. The highest BCUT2D eigenvalue weighted by Crippen LogP contribution is 2.12. The highest BCUT2D eigenvalue weighted by atomic mass is 32.2. The van der Waals surface area contributed by atoms with Crippen LogP contribution in [0.3, 0.4) is 0 Å². The zero-order valence-electron chi connectivity index (χ0n) is 11.7. The van der Waals surface area contributed by atoms with Crippen LogP contribution >= 0.6 is 0 Å². The summed E-state index contributed by atoms with van der Waals surface area (Å²) in [5.41, 5.74) is 1.08. The summed E-state index contributed by atoms with van der Waals surface area (Å²) in [6.07, 6.45) is 4.11. The Morgan fingerprint density at radius 1 is 1.41 bits per heavy atom. The van der Waals surface area contributed by atoms with E-state index in [4.69, 9.17) is 4.74 Å². The van der Waals surface area contributed by atoms with Gasteiger partial charge < -0.3 is 4.74 Å². The van der Waals surface area contributed by atoms with Crippen molar-refractivity contribution in [3.8, 4) is 0 Å². The first-order chi connectivity index (χ1) is 7.68. The standard InChI is InChI=1S/C12H25NO3S/c1-7-8-11(4)12(16-10(2)3)9-13(5)17(6,14)15/h8,10,12H,7,9H2,1-6H3/b11-8+. The van der Waals surface area contributed by atoms with Gasteiger partial charge in [-0.05, 0) is 32.8 Å². The van der Waals surface area contributed by atoms with Crippen molar-refractivity contribution in [2.45, 2.75) is 46.3 Å². The predicted molar refractivity (Wildman–Crippen MR) is 71.5 cm³/mol. The first kappa shape index (κ1) is 16.6. The molecule has 0 N–H and O–H groups in total. The lowest BCUT2D eigenvalue weighted by Crippen LogP contribution is -2.36. The van der Waals surface area contributed by atoms with Gasteiger partial charge in [-0.25, -0.2) is 12.7 Å². The molecule has 0 aliphatic heterocycles. The summed E-state index contributed by atoms with van der Waals surface area (Å²) >= 11 is 0. The lowest BCUT2D eigenvalue weighted by Gasteiger charge is -2.25. The van der Waals surface area contributed by atoms with Gasteiger partial charge in [0.1, 0.15) is 0 Å². The first-order valence-corrected chi connectivity index (χ1v) is 7.76. The molecule has 1 unspecified atom stereocenters. The number of nitrogens with zero attached hydrogens (tertiary/aromatic N) is 1. The maximum Gasteiger partial charge on any atom is 0.211 e. The van der Waals surface area contributed by atoms with Crippen molar-refractivity contribution in [2.75, 3.05) is 19.8 Å². The second-order valence-corrected chi connectivity index (χ2v) is 6.66. The molecule has 17 heavy (non-hydrogen) atoms. The van der Waals surface area contributed by atoms with Crippen LogP contribution in [0.4, 0.5) is 0 Å². The largest absolute Gasteiger partial charge is 0.370 e. The van der Waals surface area contributed by atoms with E-state index in [-0.39, 0.29) is 12.2 Å². The van der Waals surface area contributed by atoms with Crippen LogP contribution in [-0.4, -0.2) is 44.8 Å². The van der Waals surface area contributed by atoms with Gasteiger partial charge in [0, 0.05) is 13.6 Å². The number of rotatable bonds is 7. The Hall–Kier alpha value is -0.390. The number of ether oxygens (including phenoxy) is 1. The molecule has 0 saturated carbocycles. The zero-order valence-corrected chi connectivity index (χ0v) is 12.5. The highest BCUT2D eigenvalue weighted by Gasteiger charge is 2.20. The van der Waals surface area contributed by atoms with E-state index >= 15 is 0 Å². The van der Waals surface area contributed by atoms with Gasteiger partial charge in [-0.3, -0.25) is 0 Å². The smallest absolute Gasteiger partial charge is 0.211 e. The van der Waals surface area contributed by atoms with Gasteiger partial charge >= 0.3 is 0 Å². The molecule has 1 atom stereocenters. The number of hydrogen-bond donors (Lipinski definition) is 0. The fraction of sp³-hybridized carbons (Fsp3) is 0.833. The molecule has 0 aromatic heterocycles. The van der Waals surface area contributed by atoms with E-state index in [0.717, 1.165) is 12.0 Å². The van der Waals surface area contributed by atoms with Crippen LogP contribution in [0.5, 0.6) is 0 Å². The molecule has 0 aromatic carbocycles. The van der Waals surface area contributed by atoms with Gasteiger partial charge in [-0.1, -0.05) is 13.0 Å². The molecule has 0 fully saturated rings. The summed E-state index contributed by atoms with van der Waals surface area (Å²) in [4.78, 5) is 0. The summed E-state index contributed by atoms with van der Waals surface area (Å²) in [5.74, 6) is 0. The van der Waals surface area contributed by atoms with E-state index in [1.165, 1.54) is 10.6 Å². The van der Waals surface area contributed by atoms with Gasteiger partial charge in [0.15, 0.2) is 0 Å². The minimum absolute atomic E-state index is 0.0770. The second kappa shape index (κ2) is 7.13. The molecular weight excluding hydrogens is 238 g/mol. The van der Waals surface area contributed by atoms with Gasteiger partial charge in [0.05, 0.1) is 18.5 Å². The van der Waals surface area contributed by atoms with Gasteiger partial charge in [0.2, 0.25) is 10.0 Å². The molecule has 0 saturated heterocycles. The Morgan fingerprint density at radius 2 is 1.94 bits per heavy atom. The van der Waals surface area contributed by atoms with Gasteiger partial charge in [-0.2, -0.15) is 0 Å². The average molecular weight is 263 g/mol. The Morgan fingerprint density at radius 3 is 2.29 bits per heavy atom. The average Bonchev–Trinajstić information content (AvgIpc) is 2.14. The summed E-state index contributed by atoms with van der Waals surface area (Å²) in [7, 11) is -1.58. The number of likely N-dealkylation sites (N-methyl/N-ethyl adjacent to an activating group) is 1. The third-order valence-corrected chi connectivity index (χ3v) is 3.74. The van der Waals surface area contributed by atoms with Crippen LogP contribution < -0.4 is 0 Å². The molecule has 0 bridgehead atoms. The molecule has 0 heterocycles. The molecule has 0 spiro atoms. The van der Waals surface area contributed by atoms with Gasteiger partial charge in [-0.15, -0.1) is 0 Å². The summed E-state index contributed by atoms with van der Waals surface area (Å²) in [6, 6.07) is 0. The van der Waals surface area contributed by atoms with Gasteiger partial charge in [0.25, 0.3) is 0 Å². The molecule has 0 aliphatic carbocycles. The first-order valence-electron chi connectivity index (χ1n) is 5.91. The lowest BCUT2D eigenvalue weighted by molar-refractivity contribution is 0.0217. The minimum atomic E-state index is -3.16. The third kappa shape index (κ3) is 6.81. The number of sulfonamides is 1. The van der Waals surface area contributed by atoms with Crippen molar-refractivity contribution in [3.05, 3.63) is 11.6 Å².